The van der Waals surface area contributed by atoms with Gasteiger partial charge in [0, 0.05) is 18.8 Å². The van der Waals surface area contributed by atoms with Crippen LogP contribution >= 0.6 is 0 Å². The fourth-order valence-corrected chi connectivity index (χ4v) is 3.57. The smallest absolute Gasteiger partial charge is 0.168 e. The highest BCUT2D eigenvalue weighted by molar-refractivity contribution is 5.20. The summed E-state index contributed by atoms with van der Waals surface area (Å²) in [6.07, 6.45) is 4.17. The zero-order valence-corrected chi connectivity index (χ0v) is 11.3. The number of hydrogen-bond donors (Lipinski definition) is 1. The zero-order chi connectivity index (χ0) is 13.1. The summed E-state index contributed by atoms with van der Waals surface area (Å²) >= 11 is 0. The Hall–Kier alpha value is -0.900. The molecule has 1 saturated carbocycles. The van der Waals surface area contributed by atoms with Crippen molar-refractivity contribution in [2.24, 2.45) is 5.92 Å². The minimum atomic E-state index is -0.356. The lowest BCUT2D eigenvalue weighted by atomic mass is 9.75. The highest BCUT2D eigenvalue weighted by Crippen LogP contribution is 2.44. The second-order valence-corrected chi connectivity index (χ2v) is 5.66. The molecule has 19 heavy (non-hydrogen) atoms. The Balaban J connectivity index is 1.76. The molecule has 0 radical (unpaired) electrons. The number of hydrogen-bond acceptors (Lipinski definition) is 3. The molecule has 0 aromatic heterocycles. The van der Waals surface area contributed by atoms with Crippen LogP contribution in [0.3, 0.4) is 0 Å². The van der Waals surface area contributed by atoms with Gasteiger partial charge in [-0.15, -0.1) is 0 Å². The van der Waals surface area contributed by atoms with Gasteiger partial charge in [-0.05, 0) is 24.3 Å². The molecular formula is C16H22O3. The first-order valence-corrected chi connectivity index (χ1v) is 7.27. The average molecular weight is 262 g/mol. The topological polar surface area (TPSA) is 38.7 Å². The maximum absolute atomic E-state index is 9.78. The van der Waals surface area contributed by atoms with E-state index in [-0.39, 0.29) is 18.3 Å². The van der Waals surface area contributed by atoms with E-state index in [9.17, 15) is 5.11 Å². The van der Waals surface area contributed by atoms with E-state index >= 15 is 0 Å². The van der Waals surface area contributed by atoms with Crippen LogP contribution < -0.4 is 0 Å². The molecule has 0 amide bonds. The lowest BCUT2D eigenvalue weighted by Gasteiger charge is -2.39. The van der Waals surface area contributed by atoms with Gasteiger partial charge < -0.3 is 14.6 Å². The third-order valence-electron chi connectivity index (χ3n) is 4.51. The van der Waals surface area contributed by atoms with Crippen LogP contribution in [0.2, 0.25) is 0 Å². The van der Waals surface area contributed by atoms with Gasteiger partial charge in [-0.2, -0.15) is 0 Å². The minimum absolute atomic E-state index is 0.199. The summed E-state index contributed by atoms with van der Waals surface area (Å²) in [5.41, 5.74) is 1.23. The van der Waals surface area contributed by atoms with Crippen LogP contribution in [-0.4, -0.2) is 30.7 Å². The summed E-state index contributed by atoms with van der Waals surface area (Å²) in [5.74, 6) is 0.288. The van der Waals surface area contributed by atoms with Crippen LogP contribution in [0.5, 0.6) is 0 Å². The zero-order valence-electron chi connectivity index (χ0n) is 11.3. The second kappa shape index (κ2) is 5.61. The molecule has 3 heteroatoms. The largest absolute Gasteiger partial charge is 0.396 e. The first kappa shape index (κ1) is 13.1. The molecule has 1 unspecified atom stereocenters. The van der Waals surface area contributed by atoms with Crippen molar-refractivity contribution in [3.8, 4) is 0 Å². The minimum Gasteiger partial charge on any atom is -0.396 e. The monoisotopic (exact) mass is 262 g/mol. The van der Waals surface area contributed by atoms with Crippen LogP contribution in [0.1, 0.15) is 37.2 Å². The third-order valence-corrected chi connectivity index (χ3v) is 4.51. The van der Waals surface area contributed by atoms with Crippen molar-refractivity contribution in [2.45, 2.75) is 37.4 Å². The summed E-state index contributed by atoms with van der Waals surface area (Å²) in [6.45, 7) is 1.62. The summed E-state index contributed by atoms with van der Waals surface area (Å²) < 4.78 is 11.7. The fraction of sp³-hybridized carbons (Fsp3) is 0.625. The first-order valence-electron chi connectivity index (χ1n) is 7.27. The van der Waals surface area contributed by atoms with Crippen LogP contribution in [0.25, 0.3) is 0 Å². The van der Waals surface area contributed by atoms with E-state index in [0.717, 1.165) is 25.7 Å². The fourth-order valence-electron chi connectivity index (χ4n) is 3.57. The predicted octanol–water partition coefficient (Wildman–Crippen LogP) is 2.70. The van der Waals surface area contributed by atoms with Gasteiger partial charge in [0.15, 0.2) is 5.79 Å². The molecule has 1 heterocycles. The molecule has 2 aliphatic rings. The molecule has 0 bridgehead atoms. The number of ether oxygens (including phenoxy) is 2. The van der Waals surface area contributed by atoms with E-state index in [1.807, 2.05) is 18.2 Å². The molecule has 1 spiro atoms. The molecule has 1 N–H and O–H groups in total. The van der Waals surface area contributed by atoms with Gasteiger partial charge in [-0.25, -0.2) is 0 Å². The Morgan fingerprint density at radius 2 is 1.95 bits per heavy atom. The van der Waals surface area contributed by atoms with Crippen molar-refractivity contribution >= 4 is 0 Å². The number of rotatable bonds is 3. The van der Waals surface area contributed by atoms with E-state index in [0.29, 0.717) is 19.1 Å². The van der Waals surface area contributed by atoms with Gasteiger partial charge in [0.05, 0.1) is 19.8 Å². The van der Waals surface area contributed by atoms with Crippen LogP contribution in [0, 0.1) is 5.92 Å². The van der Waals surface area contributed by atoms with Crippen LogP contribution in [0.15, 0.2) is 30.3 Å². The molecule has 2 atom stereocenters. The standard InChI is InChI=1S/C16H22O3/c17-12-15(13-5-2-1-3-6-13)14-7-4-8-16(11-14)18-9-10-19-16/h1-3,5-6,14-15,17H,4,7-12H2/t14?,15-/m0/s1. The Labute approximate surface area is 114 Å². The number of benzene rings is 1. The molecule has 2 fully saturated rings. The molecule has 1 aliphatic heterocycles. The van der Waals surface area contributed by atoms with Gasteiger partial charge in [0.1, 0.15) is 0 Å². The Morgan fingerprint density at radius 1 is 1.21 bits per heavy atom. The Kier molecular flexibility index (Phi) is 3.87. The molecule has 3 rings (SSSR count). The Bertz CT molecular complexity index is 398. The van der Waals surface area contributed by atoms with Crippen molar-refractivity contribution in [1.29, 1.82) is 0 Å². The first-order chi connectivity index (χ1) is 9.33. The summed E-state index contributed by atoms with van der Waals surface area (Å²) in [7, 11) is 0. The predicted molar refractivity (Wildman–Crippen MR) is 72.9 cm³/mol. The van der Waals surface area contributed by atoms with E-state index in [2.05, 4.69) is 12.1 Å². The normalized spacial score (nSPS) is 27.5. The van der Waals surface area contributed by atoms with E-state index in [1.165, 1.54) is 5.56 Å². The lowest BCUT2D eigenvalue weighted by molar-refractivity contribution is -0.189. The third kappa shape index (κ3) is 2.69. The van der Waals surface area contributed by atoms with Gasteiger partial charge >= 0.3 is 0 Å². The van der Waals surface area contributed by atoms with E-state index < -0.39 is 0 Å². The van der Waals surface area contributed by atoms with Crippen LogP contribution in [-0.2, 0) is 9.47 Å². The molecule has 3 nitrogen and oxygen atoms in total. The molecule has 1 saturated heterocycles. The summed E-state index contributed by atoms with van der Waals surface area (Å²) in [4.78, 5) is 0. The molecule has 1 aliphatic carbocycles. The molecule has 104 valence electrons. The van der Waals surface area contributed by atoms with Gasteiger partial charge in [0.2, 0.25) is 0 Å². The van der Waals surface area contributed by atoms with E-state index in [4.69, 9.17) is 9.47 Å². The SMILES string of the molecule is OC[C@@H](c1ccccc1)C1CCCC2(C1)OCCO2. The van der Waals surface area contributed by atoms with Crippen LogP contribution in [0.4, 0.5) is 0 Å². The van der Waals surface area contributed by atoms with Gasteiger partial charge in [0.25, 0.3) is 0 Å². The van der Waals surface area contributed by atoms with Crippen molar-refractivity contribution in [3.05, 3.63) is 35.9 Å². The quantitative estimate of drug-likeness (QED) is 0.910. The highest BCUT2D eigenvalue weighted by Gasteiger charge is 2.43. The van der Waals surface area contributed by atoms with Crippen molar-refractivity contribution < 1.29 is 14.6 Å². The highest BCUT2D eigenvalue weighted by atomic mass is 16.7. The van der Waals surface area contributed by atoms with Crippen molar-refractivity contribution in [2.75, 3.05) is 19.8 Å². The molecule has 1 aromatic carbocycles. The Morgan fingerprint density at radius 3 is 2.63 bits per heavy atom. The maximum atomic E-state index is 9.78. The lowest BCUT2D eigenvalue weighted by Crippen LogP contribution is -2.38. The van der Waals surface area contributed by atoms with Gasteiger partial charge in [-0.1, -0.05) is 30.3 Å². The number of aliphatic hydroxyl groups is 1. The number of aliphatic hydroxyl groups excluding tert-OH is 1. The summed E-state index contributed by atoms with van der Waals surface area (Å²) in [5, 5.41) is 9.78. The molecule has 1 aromatic rings. The maximum Gasteiger partial charge on any atom is 0.168 e. The second-order valence-electron chi connectivity index (χ2n) is 5.66. The van der Waals surface area contributed by atoms with Crippen molar-refractivity contribution in [3.63, 3.8) is 0 Å². The average Bonchev–Trinajstić information content (AvgIpc) is 2.89. The van der Waals surface area contributed by atoms with Crippen molar-refractivity contribution in [1.82, 2.24) is 0 Å². The van der Waals surface area contributed by atoms with Gasteiger partial charge in [-0.3, -0.25) is 0 Å². The van der Waals surface area contributed by atoms with E-state index in [1.54, 1.807) is 0 Å². The summed E-state index contributed by atoms with van der Waals surface area (Å²) in [6, 6.07) is 10.3. The molecular weight excluding hydrogens is 240 g/mol.